The van der Waals surface area contributed by atoms with Crippen molar-refractivity contribution in [3.63, 3.8) is 0 Å². The highest BCUT2D eigenvalue weighted by Crippen LogP contribution is 2.21. The quantitative estimate of drug-likeness (QED) is 0.341. The second kappa shape index (κ2) is 6.41. The van der Waals surface area contributed by atoms with E-state index in [1.165, 1.54) is 0 Å². The summed E-state index contributed by atoms with van der Waals surface area (Å²) in [5.41, 5.74) is 6.30. The summed E-state index contributed by atoms with van der Waals surface area (Å²) in [5, 5.41) is 14.8. The third-order valence-corrected chi connectivity index (χ3v) is 3.46. The van der Waals surface area contributed by atoms with Gasteiger partial charge in [0.1, 0.15) is 5.92 Å². The lowest BCUT2D eigenvalue weighted by Crippen LogP contribution is -2.46. The predicted octanol–water partition coefficient (Wildman–Crippen LogP) is 2.07. The van der Waals surface area contributed by atoms with Gasteiger partial charge in [-0.25, -0.2) is 0 Å². The Morgan fingerprint density at radius 3 is 2.30 bits per heavy atom. The highest BCUT2D eigenvalue weighted by molar-refractivity contribution is 6.07. The summed E-state index contributed by atoms with van der Waals surface area (Å²) in [6.07, 6.45) is 0. The van der Waals surface area contributed by atoms with Gasteiger partial charge < -0.3 is 16.3 Å². The Morgan fingerprint density at radius 2 is 1.85 bits per heavy atom. The summed E-state index contributed by atoms with van der Waals surface area (Å²) >= 11 is 0. The minimum Gasteiger partial charge on any atom is -0.409 e. The molecule has 1 rings (SSSR count). The highest BCUT2D eigenvalue weighted by atomic mass is 16.4. The standard InChI is InChI=1S/C15H23N3O2/c1-10(15(2,3)4)17-14(19)12(13(16)18-20)11-8-6-5-7-9-11/h5-10,12,20H,1-4H3,(H2,16,18)(H,17,19). The summed E-state index contributed by atoms with van der Waals surface area (Å²) in [5.74, 6) is -1.17. The van der Waals surface area contributed by atoms with Crippen LogP contribution in [-0.2, 0) is 4.79 Å². The average Bonchev–Trinajstić information content (AvgIpc) is 2.38. The largest absolute Gasteiger partial charge is 0.409 e. The van der Waals surface area contributed by atoms with Gasteiger partial charge in [0, 0.05) is 6.04 Å². The molecule has 0 saturated carbocycles. The van der Waals surface area contributed by atoms with Gasteiger partial charge in [0.25, 0.3) is 0 Å². The van der Waals surface area contributed by atoms with Crippen LogP contribution in [0.4, 0.5) is 0 Å². The summed E-state index contributed by atoms with van der Waals surface area (Å²) in [6.45, 7) is 8.06. The van der Waals surface area contributed by atoms with Gasteiger partial charge in [-0.3, -0.25) is 4.79 Å². The number of carbonyl (C=O) groups excluding carboxylic acids is 1. The molecule has 5 nitrogen and oxygen atoms in total. The minimum absolute atomic E-state index is 0.0345. The van der Waals surface area contributed by atoms with Gasteiger partial charge in [-0.15, -0.1) is 0 Å². The van der Waals surface area contributed by atoms with Crippen molar-refractivity contribution in [1.29, 1.82) is 0 Å². The van der Waals surface area contributed by atoms with Gasteiger partial charge in [0.05, 0.1) is 0 Å². The summed E-state index contributed by atoms with van der Waals surface area (Å²) in [7, 11) is 0. The van der Waals surface area contributed by atoms with Crippen molar-refractivity contribution >= 4 is 11.7 Å². The van der Waals surface area contributed by atoms with E-state index in [1.807, 2.05) is 45.9 Å². The van der Waals surface area contributed by atoms with Crippen molar-refractivity contribution in [2.75, 3.05) is 0 Å². The summed E-state index contributed by atoms with van der Waals surface area (Å²) < 4.78 is 0. The van der Waals surface area contributed by atoms with E-state index in [0.29, 0.717) is 5.56 Å². The zero-order valence-electron chi connectivity index (χ0n) is 12.4. The molecule has 20 heavy (non-hydrogen) atoms. The van der Waals surface area contributed by atoms with Crippen molar-refractivity contribution in [2.45, 2.75) is 39.7 Å². The molecule has 1 aromatic carbocycles. The molecule has 2 unspecified atom stereocenters. The molecular weight excluding hydrogens is 254 g/mol. The lowest BCUT2D eigenvalue weighted by molar-refractivity contribution is -0.122. The third-order valence-electron chi connectivity index (χ3n) is 3.46. The van der Waals surface area contributed by atoms with Gasteiger partial charge in [-0.05, 0) is 17.9 Å². The number of hydrogen-bond acceptors (Lipinski definition) is 3. The smallest absolute Gasteiger partial charge is 0.235 e. The SMILES string of the molecule is CC(NC(=O)C(/C(N)=N/O)c1ccccc1)C(C)(C)C. The Labute approximate surface area is 119 Å². The van der Waals surface area contributed by atoms with Crippen molar-refractivity contribution in [1.82, 2.24) is 5.32 Å². The first-order chi connectivity index (χ1) is 9.27. The first kappa shape index (κ1) is 16.0. The lowest BCUT2D eigenvalue weighted by atomic mass is 9.87. The van der Waals surface area contributed by atoms with E-state index in [2.05, 4.69) is 10.5 Å². The molecule has 0 radical (unpaired) electrons. The van der Waals surface area contributed by atoms with Crippen LogP contribution in [0.15, 0.2) is 35.5 Å². The van der Waals surface area contributed by atoms with Crippen LogP contribution in [-0.4, -0.2) is 23.0 Å². The second-order valence-electron chi connectivity index (χ2n) is 5.96. The Balaban J connectivity index is 2.99. The van der Waals surface area contributed by atoms with Crippen LogP contribution in [0.3, 0.4) is 0 Å². The molecule has 0 saturated heterocycles. The molecule has 0 spiro atoms. The molecule has 1 amide bonds. The van der Waals surface area contributed by atoms with Gasteiger partial charge in [0.2, 0.25) is 5.91 Å². The van der Waals surface area contributed by atoms with E-state index < -0.39 is 5.92 Å². The molecule has 0 aromatic heterocycles. The van der Waals surface area contributed by atoms with Crippen LogP contribution in [0.2, 0.25) is 0 Å². The topological polar surface area (TPSA) is 87.7 Å². The normalized spacial score (nSPS) is 15.5. The number of nitrogens with one attached hydrogen (secondary N) is 1. The van der Waals surface area contributed by atoms with E-state index in [1.54, 1.807) is 12.1 Å². The van der Waals surface area contributed by atoms with Crippen molar-refractivity contribution in [3.8, 4) is 0 Å². The molecule has 0 aliphatic rings. The van der Waals surface area contributed by atoms with E-state index in [-0.39, 0.29) is 23.2 Å². The number of nitrogens with zero attached hydrogens (tertiary/aromatic N) is 1. The van der Waals surface area contributed by atoms with Crippen LogP contribution in [0.1, 0.15) is 39.2 Å². The molecule has 4 N–H and O–H groups in total. The second-order valence-corrected chi connectivity index (χ2v) is 5.96. The fraction of sp³-hybridized carbons (Fsp3) is 0.467. The highest BCUT2D eigenvalue weighted by Gasteiger charge is 2.29. The lowest BCUT2D eigenvalue weighted by Gasteiger charge is -2.29. The first-order valence-electron chi connectivity index (χ1n) is 6.60. The van der Waals surface area contributed by atoms with E-state index in [9.17, 15) is 4.79 Å². The van der Waals surface area contributed by atoms with E-state index in [0.717, 1.165) is 0 Å². The molecule has 0 aliphatic heterocycles. The van der Waals surface area contributed by atoms with Crippen molar-refractivity contribution < 1.29 is 10.0 Å². The maximum absolute atomic E-state index is 12.4. The zero-order valence-corrected chi connectivity index (χ0v) is 12.4. The number of amides is 1. The van der Waals surface area contributed by atoms with Crippen molar-refractivity contribution in [3.05, 3.63) is 35.9 Å². The molecule has 0 bridgehead atoms. The zero-order chi connectivity index (χ0) is 15.3. The van der Waals surface area contributed by atoms with E-state index >= 15 is 0 Å². The average molecular weight is 277 g/mol. The molecule has 0 heterocycles. The van der Waals surface area contributed by atoms with Gasteiger partial charge >= 0.3 is 0 Å². The number of carbonyl (C=O) groups is 1. The molecule has 2 atom stereocenters. The number of hydrogen-bond donors (Lipinski definition) is 3. The maximum Gasteiger partial charge on any atom is 0.235 e. The monoisotopic (exact) mass is 277 g/mol. The fourth-order valence-electron chi connectivity index (χ4n) is 1.67. The number of oxime groups is 1. The van der Waals surface area contributed by atoms with Crippen LogP contribution in [0, 0.1) is 5.41 Å². The Kier molecular flexibility index (Phi) is 5.13. The first-order valence-corrected chi connectivity index (χ1v) is 6.60. The number of amidine groups is 1. The van der Waals surface area contributed by atoms with Gasteiger partial charge in [-0.1, -0.05) is 56.3 Å². The Bertz CT molecular complexity index is 478. The molecule has 0 aliphatic carbocycles. The van der Waals surface area contributed by atoms with Crippen LogP contribution < -0.4 is 11.1 Å². The molecular formula is C15H23N3O2. The molecule has 110 valence electrons. The number of rotatable bonds is 4. The maximum atomic E-state index is 12.4. The van der Waals surface area contributed by atoms with Gasteiger partial charge in [-0.2, -0.15) is 0 Å². The molecule has 0 fully saturated rings. The number of benzene rings is 1. The summed E-state index contributed by atoms with van der Waals surface area (Å²) in [4.78, 5) is 12.4. The molecule has 5 heteroatoms. The fourth-order valence-corrected chi connectivity index (χ4v) is 1.67. The minimum atomic E-state index is -0.786. The van der Waals surface area contributed by atoms with Crippen molar-refractivity contribution in [2.24, 2.45) is 16.3 Å². The van der Waals surface area contributed by atoms with Crippen LogP contribution in [0.5, 0.6) is 0 Å². The molecule has 1 aromatic rings. The van der Waals surface area contributed by atoms with Gasteiger partial charge in [0.15, 0.2) is 5.84 Å². The van der Waals surface area contributed by atoms with Crippen LogP contribution in [0.25, 0.3) is 0 Å². The predicted molar refractivity (Wildman–Crippen MR) is 79.7 cm³/mol. The van der Waals surface area contributed by atoms with Crippen LogP contribution >= 0.6 is 0 Å². The Morgan fingerprint density at radius 1 is 1.30 bits per heavy atom. The summed E-state index contributed by atoms with van der Waals surface area (Å²) in [6, 6.07) is 9.00. The van der Waals surface area contributed by atoms with E-state index in [4.69, 9.17) is 10.9 Å². The number of nitrogens with two attached hydrogens (primary N) is 1. The Hall–Kier alpha value is -2.04. The third kappa shape index (κ3) is 3.98.